The van der Waals surface area contributed by atoms with Crippen molar-refractivity contribution in [3.63, 3.8) is 0 Å². The topological polar surface area (TPSA) is 44.8 Å². The smallest absolute Gasteiger partial charge is 0.406 e. The summed E-state index contributed by atoms with van der Waals surface area (Å²) in [5.74, 6) is -0.323. The van der Waals surface area contributed by atoms with E-state index in [1.54, 1.807) is 4.90 Å². The summed E-state index contributed by atoms with van der Waals surface area (Å²) in [6.07, 6.45) is -2.81. The number of amides is 2. The fourth-order valence-corrected chi connectivity index (χ4v) is 3.77. The Balaban J connectivity index is 1.58. The van der Waals surface area contributed by atoms with E-state index in [2.05, 4.69) is 27.1 Å². The third-order valence-corrected chi connectivity index (χ3v) is 5.11. The van der Waals surface area contributed by atoms with Crippen LogP contribution in [-0.4, -0.2) is 47.9 Å². The summed E-state index contributed by atoms with van der Waals surface area (Å²) in [4.78, 5) is 16.9. The van der Waals surface area contributed by atoms with Crippen molar-refractivity contribution in [2.75, 3.05) is 25.0 Å². The lowest BCUT2D eigenvalue weighted by Gasteiger charge is -2.39. The van der Waals surface area contributed by atoms with Gasteiger partial charge < -0.3 is 15.0 Å². The average Bonchev–Trinajstić information content (AvgIpc) is 2.70. The first kappa shape index (κ1) is 22.0. The molecular formula is C22H26F3N3O2. The molecule has 2 aromatic rings. The number of hydrogen-bond donors (Lipinski definition) is 1. The van der Waals surface area contributed by atoms with Gasteiger partial charge in [-0.3, -0.25) is 4.90 Å². The van der Waals surface area contributed by atoms with Gasteiger partial charge in [0.15, 0.2) is 0 Å². The van der Waals surface area contributed by atoms with E-state index in [9.17, 15) is 18.0 Å². The van der Waals surface area contributed by atoms with Crippen LogP contribution in [0.2, 0.25) is 0 Å². The van der Waals surface area contributed by atoms with Gasteiger partial charge in [-0.15, -0.1) is 13.2 Å². The molecule has 5 nitrogen and oxygen atoms in total. The maximum atomic E-state index is 12.8. The fourth-order valence-electron chi connectivity index (χ4n) is 3.77. The number of carbonyl (C=O) groups is 1. The zero-order valence-electron chi connectivity index (χ0n) is 16.9. The average molecular weight is 421 g/mol. The number of urea groups is 1. The van der Waals surface area contributed by atoms with E-state index in [0.717, 1.165) is 32.5 Å². The number of anilines is 1. The van der Waals surface area contributed by atoms with Gasteiger partial charge in [0, 0.05) is 31.4 Å². The van der Waals surface area contributed by atoms with Crippen molar-refractivity contribution in [2.45, 2.75) is 38.7 Å². The molecule has 8 heteroatoms. The minimum Gasteiger partial charge on any atom is -0.406 e. The lowest BCUT2D eigenvalue weighted by atomic mass is 10.0. The van der Waals surface area contributed by atoms with E-state index in [4.69, 9.17) is 0 Å². The quantitative estimate of drug-likeness (QED) is 0.706. The summed E-state index contributed by atoms with van der Waals surface area (Å²) in [5, 5.41) is 2.78. The van der Waals surface area contributed by atoms with Crippen LogP contribution < -0.4 is 10.1 Å². The number of benzene rings is 2. The molecule has 0 bridgehead atoms. The second kappa shape index (κ2) is 9.84. The summed E-state index contributed by atoms with van der Waals surface area (Å²) >= 11 is 0. The van der Waals surface area contributed by atoms with E-state index >= 15 is 0 Å². The molecule has 2 aromatic carbocycles. The highest BCUT2D eigenvalue weighted by atomic mass is 19.4. The lowest BCUT2D eigenvalue weighted by molar-refractivity contribution is -0.274. The van der Waals surface area contributed by atoms with E-state index < -0.39 is 6.36 Å². The molecule has 1 N–H and O–H groups in total. The number of nitrogens with one attached hydrogen (secondary N) is 1. The monoisotopic (exact) mass is 421 g/mol. The molecule has 0 aliphatic carbocycles. The first-order valence-electron chi connectivity index (χ1n) is 10.0. The molecule has 0 spiro atoms. The van der Waals surface area contributed by atoms with Gasteiger partial charge in [-0.1, -0.05) is 30.3 Å². The molecule has 1 heterocycles. The van der Waals surface area contributed by atoms with Gasteiger partial charge in [0.2, 0.25) is 0 Å². The molecule has 1 unspecified atom stereocenters. The zero-order chi connectivity index (χ0) is 21.6. The Labute approximate surface area is 174 Å². The van der Waals surface area contributed by atoms with E-state index in [0.29, 0.717) is 12.2 Å². The molecule has 3 rings (SSSR count). The van der Waals surface area contributed by atoms with Crippen molar-refractivity contribution >= 4 is 11.7 Å². The number of carbonyl (C=O) groups excluding carboxylic acids is 1. The molecule has 0 saturated carbocycles. The molecule has 1 fully saturated rings. The predicted molar refractivity (Wildman–Crippen MR) is 109 cm³/mol. The molecular weight excluding hydrogens is 395 g/mol. The number of rotatable bonds is 6. The highest BCUT2D eigenvalue weighted by molar-refractivity contribution is 5.89. The number of hydrogen-bond acceptors (Lipinski definition) is 3. The van der Waals surface area contributed by atoms with E-state index in [-0.39, 0.29) is 17.8 Å². The molecule has 0 radical (unpaired) electrons. The van der Waals surface area contributed by atoms with Crippen LogP contribution in [-0.2, 0) is 6.54 Å². The Morgan fingerprint density at radius 3 is 2.50 bits per heavy atom. The largest absolute Gasteiger partial charge is 0.573 e. The molecule has 1 saturated heterocycles. The van der Waals surface area contributed by atoms with Crippen molar-refractivity contribution < 1.29 is 22.7 Å². The van der Waals surface area contributed by atoms with Crippen LogP contribution in [0.1, 0.15) is 25.3 Å². The maximum absolute atomic E-state index is 12.8. The molecule has 0 aromatic heterocycles. The maximum Gasteiger partial charge on any atom is 0.573 e. The number of alkyl halides is 3. The SMILES string of the molecule is CCN(C(=O)Nc1ccc(OC(F)(F)F)cc1)C1CCCN(Cc2ccccc2)C1. The molecule has 1 aliphatic rings. The molecule has 1 atom stereocenters. The van der Waals surface area contributed by atoms with Crippen LogP contribution in [0.5, 0.6) is 5.75 Å². The van der Waals surface area contributed by atoms with Crippen LogP contribution >= 0.6 is 0 Å². The number of likely N-dealkylation sites (tertiary alicyclic amines) is 1. The van der Waals surface area contributed by atoms with Gasteiger partial charge in [-0.05, 0) is 56.1 Å². The van der Waals surface area contributed by atoms with Gasteiger partial charge in [0.05, 0.1) is 0 Å². The van der Waals surface area contributed by atoms with Crippen molar-refractivity contribution in [3.8, 4) is 5.75 Å². The van der Waals surface area contributed by atoms with Gasteiger partial charge in [0.25, 0.3) is 0 Å². The van der Waals surface area contributed by atoms with E-state index in [1.807, 2.05) is 25.1 Å². The summed E-state index contributed by atoms with van der Waals surface area (Å²) in [5.41, 5.74) is 1.66. The Morgan fingerprint density at radius 2 is 1.87 bits per heavy atom. The van der Waals surface area contributed by atoms with Crippen LogP contribution in [0.4, 0.5) is 23.7 Å². The minimum atomic E-state index is -4.74. The van der Waals surface area contributed by atoms with Crippen molar-refractivity contribution in [3.05, 3.63) is 60.2 Å². The number of likely N-dealkylation sites (N-methyl/N-ethyl adjacent to an activating group) is 1. The fraction of sp³-hybridized carbons (Fsp3) is 0.409. The number of nitrogens with zero attached hydrogens (tertiary/aromatic N) is 2. The van der Waals surface area contributed by atoms with Crippen molar-refractivity contribution in [1.82, 2.24) is 9.80 Å². The molecule has 162 valence electrons. The van der Waals surface area contributed by atoms with E-state index in [1.165, 1.54) is 29.8 Å². The molecule has 30 heavy (non-hydrogen) atoms. The van der Waals surface area contributed by atoms with Crippen molar-refractivity contribution in [2.24, 2.45) is 0 Å². The first-order chi connectivity index (χ1) is 14.3. The normalized spacial score (nSPS) is 17.4. The standard InChI is InChI=1S/C22H26F3N3O2/c1-2-28(19-9-6-14-27(16-19)15-17-7-4-3-5-8-17)21(29)26-18-10-12-20(13-11-18)30-22(23,24)25/h3-5,7-8,10-13,19H,2,6,9,14-16H2,1H3,(H,26,29). The van der Waals surface area contributed by atoms with Gasteiger partial charge in [0.1, 0.15) is 5.75 Å². The Kier molecular flexibility index (Phi) is 7.20. The minimum absolute atomic E-state index is 0.0836. The van der Waals surface area contributed by atoms with Gasteiger partial charge >= 0.3 is 12.4 Å². The van der Waals surface area contributed by atoms with Crippen LogP contribution in [0.3, 0.4) is 0 Å². The van der Waals surface area contributed by atoms with Crippen LogP contribution in [0, 0.1) is 0 Å². The second-order valence-corrected chi connectivity index (χ2v) is 7.31. The highest BCUT2D eigenvalue weighted by Gasteiger charge is 2.31. The van der Waals surface area contributed by atoms with Crippen LogP contribution in [0.25, 0.3) is 0 Å². The van der Waals surface area contributed by atoms with Gasteiger partial charge in [-0.2, -0.15) is 0 Å². The Hall–Kier alpha value is -2.74. The third kappa shape index (κ3) is 6.38. The molecule has 1 aliphatic heterocycles. The molecule has 2 amide bonds. The second-order valence-electron chi connectivity index (χ2n) is 7.31. The van der Waals surface area contributed by atoms with Crippen molar-refractivity contribution in [1.29, 1.82) is 0 Å². The highest BCUT2D eigenvalue weighted by Crippen LogP contribution is 2.24. The summed E-state index contributed by atoms with van der Waals surface area (Å²) in [6.45, 7) is 5.10. The number of halogens is 3. The zero-order valence-corrected chi connectivity index (χ0v) is 16.9. The Morgan fingerprint density at radius 1 is 1.17 bits per heavy atom. The summed E-state index contributed by atoms with van der Waals surface area (Å²) in [7, 11) is 0. The van der Waals surface area contributed by atoms with Gasteiger partial charge in [-0.25, -0.2) is 4.79 Å². The summed E-state index contributed by atoms with van der Waals surface area (Å²) in [6, 6.07) is 15.2. The number of ether oxygens (including phenoxy) is 1. The lowest BCUT2D eigenvalue weighted by Crippen LogP contribution is -2.51. The predicted octanol–water partition coefficient (Wildman–Crippen LogP) is 5.10. The third-order valence-electron chi connectivity index (χ3n) is 5.11. The first-order valence-corrected chi connectivity index (χ1v) is 10.0. The van der Waals surface area contributed by atoms with Crippen LogP contribution in [0.15, 0.2) is 54.6 Å². The Bertz CT molecular complexity index is 813. The summed E-state index contributed by atoms with van der Waals surface area (Å²) < 4.78 is 40.7. The number of piperidine rings is 1.